The molecule has 2 aliphatic rings. The van der Waals surface area contributed by atoms with Crippen molar-refractivity contribution in [2.24, 2.45) is 17.8 Å². The molecule has 0 aromatic heterocycles. The summed E-state index contributed by atoms with van der Waals surface area (Å²) in [5, 5.41) is 9.71. The number of fused-ring (bicyclic) bond motifs is 2. The lowest BCUT2D eigenvalue weighted by Gasteiger charge is -2.38. The van der Waals surface area contributed by atoms with Gasteiger partial charge in [0.25, 0.3) is 0 Å². The third-order valence-corrected chi connectivity index (χ3v) is 4.41. The van der Waals surface area contributed by atoms with E-state index >= 15 is 0 Å². The van der Waals surface area contributed by atoms with Gasteiger partial charge in [-0.05, 0) is 43.9 Å². The predicted molar refractivity (Wildman–Crippen MR) is 56.6 cm³/mol. The molecule has 2 aliphatic carbocycles. The number of halogens is 3. The zero-order chi connectivity index (χ0) is 13.7. The Morgan fingerprint density at radius 3 is 2.22 bits per heavy atom. The van der Waals surface area contributed by atoms with Crippen LogP contribution < -0.4 is 0 Å². The molecule has 18 heavy (non-hydrogen) atoms. The Labute approximate surface area is 103 Å². The Hall–Kier alpha value is -0.780. The normalized spacial score (nSPS) is 38.6. The maximum Gasteiger partial charge on any atom is 0.417 e. The fourth-order valence-corrected chi connectivity index (χ4v) is 3.48. The van der Waals surface area contributed by atoms with Gasteiger partial charge in [0, 0.05) is 6.92 Å². The molecule has 6 heteroatoms. The first kappa shape index (κ1) is 13.6. The SMILES string of the molecule is CC(=O)OC1CC2CC1CC2C(C)(O)C(F)(F)F. The van der Waals surface area contributed by atoms with Crippen LogP contribution in [0.4, 0.5) is 13.2 Å². The molecular formula is C12H17F3O3. The Kier molecular flexibility index (Phi) is 3.12. The third-order valence-electron chi connectivity index (χ3n) is 4.41. The van der Waals surface area contributed by atoms with E-state index < -0.39 is 23.7 Å². The highest BCUT2D eigenvalue weighted by atomic mass is 19.4. The highest BCUT2D eigenvalue weighted by Crippen LogP contribution is 2.56. The molecule has 5 atom stereocenters. The number of carbonyl (C=O) groups is 1. The molecular weight excluding hydrogens is 249 g/mol. The zero-order valence-electron chi connectivity index (χ0n) is 10.3. The molecule has 0 amide bonds. The summed E-state index contributed by atoms with van der Waals surface area (Å²) in [4.78, 5) is 10.9. The second-order valence-electron chi connectivity index (χ2n) is 5.63. The summed E-state index contributed by atoms with van der Waals surface area (Å²) in [5.41, 5.74) is -2.65. The maximum atomic E-state index is 12.8. The van der Waals surface area contributed by atoms with Crippen LogP contribution in [0.3, 0.4) is 0 Å². The second kappa shape index (κ2) is 4.11. The molecule has 2 saturated carbocycles. The van der Waals surface area contributed by atoms with Crippen LogP contribution >= 0.6 is 0 Å². The number of alkyl halides is 3. The van der Waals surface area contributed by atoms with Crippen molar-refractivity contribution in [1.82, 2.24) is 0 Å². The number of carbonyl (C=O) groups excluding carboxylic acids is 1. The largest absolute Gasteiger partial charge is 0.462 e. The highest BCUT2D eigenvalue weighted by Gasteiger charge is 2.62. The van der Waals surface area contributed by atoms with Crippen molar-refractivity contribution in [2.75, 3.05) is 0 Å². The van der Waals surface area contributed by atoms with Gasteiger partial charge in [0.1, 0.15) is 6.10 Å². The van der Waals surface area contributed by atoms with E-state index in [1.807, 2.05) is 0 Å². The molecule has 104 valence electrons. The first-order valence-electron chi connectivity index (χ1n) is 6.09. The minimum atomic E-state index is -4.61. The Morgan fingerprint density at radius 2 is 1.83 bits per heavy atom. The van der Waals surface area contributed by atoms with Crippen molar-refractivity contribution >= 4 is 5.97 Å². The van der Waals surface area contributed by atoms with Crippen molar-refractivity contribution in [2.45, 2.75) is 51.0 Å². The first-order chi connectivity index (χ1) is 8.13. The molecule has 1 N–H and O–H groups in total. The highest BCUT2D eigenvalue weighted by molar-refractivity contribution is 5.66. The maximum absolute atomic E-state index is 12.8. The monoisotopic (exact) mass is 266 g/mol. The van der Waals surface area contributed by atoms with Crippen molar-refractivity contribution < 1.29 is 27.8 Å². The van der Waals surface area contributed by atoms with Crippen LogP contribution in [0.1, 0.15) is 33.1 Å². The van der Waals surface area contributed by atoms with Gasteiger partial charge in [0.15, 0.2) is 5.60 Å². The van der Waals surface area contributed by atoms with Gasteiger partial charge >= 0.3 is 12.1 Å². The van der Waals surface area contributed by atoms with Gasteiger partial charge in [-0.3, -0.25) is 4.79 Å². The number of esters is 1. The molecule has 0 heterocycles. The topological polar surface area (TPSA) is 46.5 Å². The van der Waals surface area contributed by atoms with E-state index in [1.54, 1.807) is 0 Å². The minimum absolute atomic E-state index is 0.0438. The number of hydrogen-bond donors (Lipinski definition) is 1. The molecule has 0 aromatic carbocycles. The van der Waals surface area contributed by atoms with E-state index in [9.17, 15) is 23.1 Å². The van der Waals surface area contributed by atoms with Gasteiger partial charge in [-0.15, -0.1) is 0 Å². The lowest BCUT2D eigenvalue weighted by atomic mass is 9.76. The van der Waals surface area contributed by atoms with Crippen molar-refractivity contribution in [1.29, 1.82) is 0 Å². The van der Waals surface area contributed by atoms with Gasteiger partial charge in [0.05, 0.1) is 0 Å². The van der Waals surface area contributed by atoms with Crippen LogP contribution in [-0.4, -0.2) is 29.0 Å². The van der Waals surface area contributed by atoms with Crippen LogP contribution in [0.5, 0.6) is 0 Å². The molecule has 0 saturated heterocycles. The van der Waals surface area contributed by atoms with E-state index in [0.29, 0.717) is 12.8 Å². The summed E-state index contributed by atoms with van der Waals surface area (Å²) >= 11 is 0. The average molecular weight is 266 g/mol. The van der Waals surface area contributed by atoms with Gasteiger partial charge in [-0.2, -0.15) is 13.2 Å². The van der Waals surface area contributed by atoms with Gasteiger partial charge in [0.2, 0.25) is 0 Å². The quantitative estimate of drug-likeness (QED) is 0.780. The van der Waals surface area contributed by atoms with Gasteiger partial charge < -0.3 is 9.84 Å². The molecule has 2 rings (SSSR count). The number of hydrogen-bond acceptors (Lipinski definition) is 3. The molecule has 0 spiro atoms. The average Bonchev–Trinajstić information content (AvgIpc) is 2.73. The second-order valence-corrected chi connectivity index (χ2v) is 5.63. The lowest BCUT2D eigenvalue weighted by molar-refractivity contribution is -0.278. The third kappa shape index (κ3) is 2.11. The van der Waals surface area contributed by atoms with Crippen molar-refractivity contribution in [3.8, 4) is 0 Å². The molecule has 2 bridgehead atoms. The molecule has 0 aliphatic heterocycles. The van der Waals surface area contributed by atoms with Crippen LogP contribution in [0.25, 0.3) is 0 Å². The summed E-state index contributed by atoms with van der Waals surface area (Å²) in [6.45, 7) is 2.15. The van der Waals surface area contributed by atoms with E-state index in [4.69, 9.17) is 4.74 Å². The van der Waals surface area contributed by atoms with Crippen molar-refractivity contribution in [3.05, 3.63) is 0 Å². The summed E-state index contributed by atoms with van der Waals surface area (Å²) in [7, 11) is 0. The van der Waals surface area contributed by atoms with E-state index in [0.717, 1.165) is 6.92 Å². The fourth-order valence-electron chi connectivity index (χ4n) is 3.48. The standard InChI is InChI=1S/C12H17F3O3/c1-6(16)18-10-5-7-3-8(10)4-9(7)11(2,17)12(13,14)15/h7-10,17H,3-5H2,1-2H3. The van der Waals surface area contributed by atoms with Crippen molar-refractivity contribution in [3.63, 3.8) is 0 Å². The molecule has 5 unspecified atom stereocenters. The Morgan fingerprint density at radius 1 is 1.22 bits per heavy atom. The lowest BCUT2D eigenvalue weighted by Crippen LogP contribution is -2.51. The zero-order valence-corrected chi connectivity index (χ0v) is 10.3. The molecule has 0 aromatic rings. The summed E-state index contributed by atoms with van der Waals surface area (Å²) < 4.78 is 43.4. The van der Waals surface area contributed by atoms with Crippen LogP contribution in [0.15, 0.2) is 0 Å². The molecule has 3 nitrogen and oxygen atoms in total. The Bertz CT molecular complexity index is 351. The number of rotatable bonds is 2. The Balaban J connectivity index is 2.05. The fraction of sp³-hybridized carbons (Fsp3) is 0.917. The van der Waals surface area contributed by atoms with E-state index in [-0.39, 0.29) is 24.4 Å². The van der Waals surface area contributed by atoms with E-state index in [2.05, 4.69) is 0 Å². The van der Waals surface area contributed by atoms with Gasteiger partial charge in [-0.25, -0.2) is 0 Å². The summed E-state index contributed by atoms with van der Waals surface area (Å²) in [6.07, 6.45) is -3.57. The summed E-state index contributed by atoms with van der Waals surface area (Å²) in [5.74, 6) is -1.44. The summed E-state index contributed by atoms with van der Waals surface area (Å²) in [6, 6.07) is 0. The number of ether oxygens (including phenoxy) is 1. The molecule has 0 radical (unpaired) electrons. The van der Waals surface area contributed by atoms with Gasteiger partial charge in [-0.1, -0.05) is 0 Å². The predicted octanol–water partition coefficient (Wildman–Crippen LogP) is 2.28. The van der Waals surface area contributed by atoms with Crippen LogP contribution in [-0.2, 0) is 9.53 Å². The van der Waals surface area contributed by atoms with Crippen LogP contribution in [0.2, 0.25) is 0 Å². The first-order valence-corrected chi connectivity index (χ1v) is 6.09. The molecule has 2 fully saturated rings. The minimum Gasteiger partial charge on any atom is -0.462 e. The smallest absolute Gasteiger partial charge is 0.417 e. The van der Waals surface area contributed by atoms with Crippen LogP contribution in [0, 0.1) is 17.8 Å². The number of aliphatic hydroxyl groups is 1. The van der Waals surface area contributed by atoms with E-state index in [1.165, 1.54) is 6.92 Å².